The number of ketones is 1. The quantitative estimate of drug-likeness (QED) is 0.695. The Hall–Kier alpha value is -0.410. The van der Waals surface area contributed by atoms with Crippen LogP contribution in [0.4, 0.5) is 0 Å². The standard InChI is InChI=1S/C14H27NO2/c1-2-3-9-15(10-11-16)12-13-7-5-4-6-8-14(13)17/h13,16H,2-12H2,1H3. The summed E-state index contributed by atoms with van der Waals surface area (Å²) < 4.78 is 0. The van der Waals surface area contributed by atoms with Crippen molar-refractivity contribution in [2.45, 2.75) is 51.9 Å². The molecule has 1 aliphatic rings. The lowest BCUT2D eigenvalue weighted by Crippen LogP contribution is -2.35. The van der Waals surface area contributed by atoms with Crippen LogP contribution in [-0.4, -0.2) is 42.0 Å². The maximum Gasteiger partial charge on any atom is 0.137 e. The Balaban J connectivity index is 2.42. The van der Waals surface area contributed by atoms with Crippen molar-refractivity contribution in [3.63, 3.8) is 0 Å². The molecule has 1 atom stereocenters. The fraction of sp³-hybridized carbons (Fsp3) is 0.929. The van der Waals surface area contributed by atoms with Crippen LogP contribution in [0.5, 0.6) is 0 Å². The van der Waals surface area contributed by atoms with Crippen molar-refractivity contribution < 1.29 is 9.90 Å². The molecule has 17 heavy (non-hydrogen) atoms. The van der Waals surface area contributed by atoms with Crippen LogP contribution in [0, 0.1) is 5.92 Å². The zero-order valence-electron chi connectivity index (χ0n) is 11.2. The van der Waals surface area contributed by atoms with E-state index in [0.29, 0.717) is 12.3 Å². The van der Waals surface area contributed by atoms with Gasteiger partial charge in [-0.25, -0.2) is 0 Å². The smallest absolute Gasteiger partial charge is 0.137 e. The van der Waals surface area contributed by atoms with Gasteiger partial charge in [0.05, 0.1) is 6.61 Å². The van der Waals surface area contributed by atoms with E-state index >= 15 is 0 Å². The SMILES string of the molecule is CCCCN(CCO)CC1CCCCCC1=O. The minimum Gasteiger partial charge on any atom is -0.395 e. The van der Waals surface area contributed by atoms with Crippen LogP contribution >= 0.6 is 0 Å². The molecule has 1 saturated carbocycles. The van der Waals surface area contributed by atoms with E-state index in [-0.39, 0.29) is 12.5 Å². The van der Waals surface area contributed by atoms with E-state index in [1.54, 1.807) is 0 Å². The predicted molar refractivity (Wildman–Crippen MR) is 70.0 cm³/mol. The van der Waals surface area contributed by atoms with Gasteiger partial charge in [0, 0.05) is 25.4 Å². The Morgan fingerprint density at radius 1 is 1.29 bits per heavy atom. The van der Waals surface area contributed by atoms with Gasteiger partial charge in [-0.05, 0) is 25.8 Å². The van der Waals surface area contributed by atoms with Gasteiger partial charge >= 0.3 is 0 Å². The summed E-state index contributed by atoms with van der Waals surface area (Å²) >= 11 is 0. The van der Waals surface area contributed by atoms with Gasteiger partial charge in [-0.2, -0.15) is 0 Å². The molecule has 1 aliphatic carbocycles. The topological polar surface area (TPSA) is 40.5 Å². The van der Waals surface area contributed by atoms with Crippen molar-refractivity contribution in [2.75, 3.05) is 26.2 Å². The first-order chi connectivity index (χ1) is 8.27. The first kappa shape index (κ1) is 14.7. The van der Waals surface area contributed by atoms with Crippen LogP contribution in [0.3, 0.4) is 0 Å². The lowest BCUT2D eigenvalue weighted by molar-refractivity contribution is -0.123. The third kappa shape index (κ3) is 5.64. The van der Waals surface area contributed by atoms with Crippen molar-refractivity contribution in [2.24, 2.45) is 5.92 Å². The van der Waals surface area contributed by atoms with Crippen LogP contribution < -0.4 is 0 Å². The highest BCUT2D eigenvalue weighted by Gasteiger charge is 2.22. The molecule has 0 aromatic carbocycles. The summed E-state index contributed by atoms with van der Waals surface area (Å²) in [4.78, 5) is 14.2. The normalized spacial score (nSPS) is 21.8. The third-order valence-electron chi connectivity index (χ3n) is 3.65. The number of hydrogen-bond donors (Lipinski definition) is 1. The monoisotopic (exact) mass is 241 g/mol. The number of carbonyl (C=O) groups excluding carboxylic acids is 1. The largest absolute Gasteiger partial charge is 0.395 e. The van der Waals surface area contributed by atoms with Crippen molar-refractivity contribution in [3.05, 3.63) is 0 Å². The van der Waals surface area contributed by atoms with Crippen molar-refractivity contribution in [1.29, 1.82) is 0 Å². The number of Topliss-reactive ketones (excluding diaryl/α,β-unsaturated/α-hetero) is 1. The highest BCUT2D eigenvalue weighted by molar-refractivity contribution is 5.81. The number of aliphatic hydroxyl groups is 1. The molecule has 0 aromatic rings. The highest BCUT2D eigenvalue weighted by atomic mass is 16.3. The van der Waals surface area contributed by atoms with Crippen LogP contribution in [0.15, 0.2) is 0 Å². The molecule has 3 nitrogen and oxygen atoms in total. The van der Waals surface area contributed by atoms with Gasteiger partial charge in [0.25, 0.3) is 0 Å². The Morgan fingerprint density at radius 2 is 2.12 bits per heavy atom. The van der Waals surface area contributed by atoms with E-state index < -0.39 is 0 Å². The van der Waals surface area contributed by atoms with Crippen LogP contribution in [0.25, 0.3) is 0 Å². The van der Waals surface area contributed by atoms with Gasteiger partial charge in [0.15, 0.2) is 0 Å². The first-order valence-electron chi connectivity index (χ1n) is 7.13. The minimum atomic E-state index is 0.199. The van der Waals surface area contributed by atoms with Gasteiger partial charge < -0.3 is 10.0 Å². The van der Waals surface area contributed by atoms with Crippen molar-refractivity contribution in [1.82, 2.24) is 4.90 Å². The molecule has 0 saturated heterocycles. The Bertz CT molecular complexity index is 218. The third-order valence-corrected chi connectivity index (χ3v) is 3.65. The van der Waals surface area contributed by atoms with E-state index in [9.17, 15) is 4.79 Å². The second-order valence-corrected chi connectivity index (χ2v) is 5.14. The lowest BCUT2D eigenvalue weighted by atomic mass is 9.98. The first-order valence-corrected chi connectivity index (χ1v) is 7.13. The minimum absolute atomic E-state index is 0.199. The molecule has 1 rings (SSSR count). The molecule has 0 heterocycles. The molecule has 0 bridgehead atoms. The molecule has 1 N–H and O–H groups in total. The Kier molecular flexibility index (Phi) is 7.45. The zero-order valence-corrected chi connectivity index (χ0v) is 11.2. The highest BCUT2D eigenvalue weighted by Crippen LogP contribution is 2.21. The number of carbonyl (C=O) groups is 1. The number of hydrogen-bond acceptors (Lipinski definition) is 3. The van der Waals surface area contributed by atoms with E-state index in [4.69, 9.17) is 5.11 Å². The number of nitrogens with zero attached hydrogens (tertiary/aromatic N) is 1. The average molecular weight is 241 g/mol. The van der Waals surface area contributed by atoms with E-state index in [0.717, 1.165) is 38.8 Å². The summed E-state index contributed by atoms with van der Waals surface area (Å²) in [7, 11) is 0. The Morgan fingerprint density at radius 3 is 2.82 bits per heavy atom. The number of aliphatic hydroxyl groups excluding tert-OH is 1. The molecule has 1 unspecified atom stereocenters. The van der Waals surface area contributed by atoms with Gasteiger partial charge in [-0.1, -0.05) is 26.2 Å². The molecule has 0 amide bonds. The second kappa shape index (κ2) is 8.65. The van der Waals surface area contributed by atoms with Gasteiger partial charge in [0.2, 0.25) is 0 Å². The fourth-order valence-electron chi connectivity index (χ4n) is 2.55. The van der Waals surface area contributed by atoms with Crippen molar-refractivity contribution >= 4 is 5.78 Å². The van der Waals surface area contributed by atoms with E-state index in [2.05, 4.69) is 11.8 Å². The van der Waals surface area contributed by atoms with E-state index in [1.165, 1.54) is 19.3 Å². The number of rotatable bonds is 7. The van der Waals surface area contributed by atoms with Gasteiger partial charge in [-0.15, -0.1) is 0 Å². The summed E-state index contributed by atoms with van der Waals surface area (Å²) in [6, 6.07) is 0. The van der Waals surface area contributed by atoms with Crippen molar-refractivity contribution in [3.8, 4) is 0 Å². The molecule has 0 radical (unpaired) electrons. The van der Waals surface area contributed by atoms with E-state index in [1.807, 2.05) is 0 Å². The number of unbranched alkanes of at least 4 members (excludes halogenated alkanes) is 1. The lowest BCUT2D eigenvalue weighted by Gasteiger charge is -2.25. The fourth-order valence-corrected chi connectivity index (χ4v) is 2.55. The summed E-state index contributed by atoms with van der Waals surface area (Å²) in [5.74, 6) is 0.669. The summed E-state index contributed by atoms with van der Waals surface area (Å²) in [6.45, 7) is 4.96. The molecular formula is C14H27NO2. The summed E-state index contributed by atoms with van der Waals surface area (Å²) in [5.41, 5.74) is 0. The summed E-state index contributed by atoms with van der Waals surface area (Å²) in [5, 5.41) is 9.06. The molecular weight excluding hydrogens is 214 g/mol. The van der Waals surface area contributed by atoms with Crippen LogP contribution in [-0.2, 0) is 4.79 Å². The van der Waals surface area contributed by atoms with Crippen LogP contribution in [0.2, 0.25) is 0 Å². The molecule has 0 aliphatic heterocycles. The van der Waals surface area contributed by atoms with Gasteiger partial charge in [-0.3, -0.25) is 4.79 Å². The van der Waals surface area contributed by atoms with Crippen LogP contribution in [0.1, 0.15) is 51.9 Å². The molecule has 1 fully saturated rings. The predicted octanol–water partition coefficient (Wildman–Crippen LogP) is 2.23. The molecule has 3 heteroatoms. The second-order valence-electron chi connectivity index (χ2n) is 5.14. The Labute approximate surface area is 105 Å². The molecule has 0 aromatic heterocycles. The molecule has 0 spiro atoms. The summed E-state index contributed by atoms with van der Waals surface area (Å²) in [6.07, 6.45) is 7.61. The average Bonchev–Trinajstić information content (AvgIpc) is 2.52. The maximum atomic E-state index is 11.9. The maximum absolute atomic E-state index is 11.9. The van der Waals surface area contributed by atoms with Gasteiger partial charge in [0.1, 0.15) is 5.78 Å². The molecule has 100 valence electrons. The zero-order chi connectivity index (χ0) is 12.5.